The fourth-order valence-electron chi connectivity index (χ4n) is 1.54. The molecule has 0 saturated heterocycles. The molecular formula is C12H15NO3. The maximum atomic E-state index is 11.8. The number of nitrogens with zero attached hydrogens (tertiary/aromatic N) is 1. The Hall–Kier alpha value is -1.84. The number of rotatable bonds is 3. The van der Waals surface area contributed by atoms with Gasteiger partial charge in [0.1, 0.15) is 0 Å². The van der Waals surface area contributed by atoms with Crippen molar-refractivity contribution in [3.05, 3.63) is 39.8 Å². The van der Waals surface area contributed by atoms with Gasteiger partial charge in [0.15, 0.2) is 0 Å². The van der Waals surface area contributed by atoms with Gasteiger partial charge in [0, 0.05) is 24.4 Å². The third-order valence-corrected chi connectivity index (χ3v) is 2.37. The van der Waals surface area contributed by atoms with Crippen LogP contribution in [0.3, 0.4) is 0 Å². The topological polar surface area (TPSA) is 59.3 Å². The molecule has 16 heavy (non-hydrogen) atoms. The van der Waals surface area contributed by atoms with Gasteiger partial charge in [-0.15, -0.1) is 0 Å². The molecule has 0 atom stereocenters. The molecule has 0 radical (unpaired) electrons. The van der Waals surface area contributed by atoms with Crippen LogP contribution in [0.4, 0.5) is 0 Å². The fourth-order valence-corrected chi connectivity index (χ4v) is 1.54. The van der Waals surface area contributed by atoms with Crippen molar-refractivity contribution in [3.8, 4) is 0 Å². The van der Waals surface area contributed by atoms with Crippen molar-refractivity contribution in [1.29, 1.82) is 0 Å². The summed E-state index contributed by atoms with van der Waals surface area (Å²) in [6.07, 6.45) is 2.28. The van der Waals surface area contributed by atoms with Crippen LogP contribution in [-0.4, -0.2) is 15.6 Å². The molecule has 0 aliphatic heterocycles. The van der Waals surface area contributed by atoms with Crippen LogP contribution in [0.5, 0.6) is 0 Å². The summed E-state index contributed by atoms with van der Waals surface area (Å²) in [4.78, 5) is 22.2. The van der Waals surface area contributed by atoms with Gasteiger partial charge >= 0.3 is 5.97 Å². The predicted molar refractivity (Wildman–Crippen MR) is 62.4 cm³/mol. The number of carboxylic acid groups (broad SMARTS) is 1. The lowest BCUT2D eigenvalue weighted by Gasteiger charge is -2.11. The molecule has 0 amide bonds. The smallest absolute Gasteiger partial charge is 0.328 e. The van der Waals surface area contributed by atoms with Crippen LogP contribution in [0.25, 0.3) is 6.08 Å². The van der Waals surface area contributed by atoms with Gasteiger partial charge in [-0.1, -0.05) is 13.8 Å². The summed E-state index contributed by atoms with van der Waals surface area (Å²) in [5.41, 5.74) is 1.13. The standard InChI is InChI=1S/C12H15NO3/c1-8(2)10-6-4-9(5-7-11(14)15)12(16)13(10)3/h4-8H,1-3H3,(H,14,15)/b7-5+. The highest BCUT2D eigenvalue weighted by Gasteiger charge is 2.06. The van der Waals surface area contributed by atoms with Gasteiger partial charge < -0.3 is 9.67 Å². The van der Waals surface area contributed by atoms with Crippen LogP contribution in [-0.2, 0) is 11.8 Å². The first-order chi connectivity index (χ1) is 7.43. The lowest BCUT2D eigenvalue weighted by atomic mass is 10.1. The highest BCUT2D eigenvalue weighted by Crippen LogP contribution is 2.12. The summed E-state index contributed by atoms with van der Waals surface area (Å²) in [5, 5.41) is 8.48. The third kappa shape index (κ3) is 2.59. The van der Waals surface area contributed by atoms with Crippen LogP contribution >= 0.6 is 0 Å². The normalized spacial score (nSPS) is 11.2. The van der Waals surface area contributed by atoms with Crippen LogP contribution in [0, 0.1) is 0 Å². The van der Waals surface area contributed by atoms with E-state index in [4.69, 9.17) is 5.11 Å². The Kier molecular flexibility index (Phi) is 3.66. The van der Waals surface area contributed by atoms with E-state index in [0.29, 0.717) is 5.56 Å². The minimum absolute atomic E-state index is 0.177. The molecule has 0 spiro atoms. The Morgan fingerprint density at radius 3 is 2.56 bits per heavy atom. The van der Waals surface area contributed by atoms with Gasteiger partial charge in [-0.25, -0.2) is 4.79 Å². The van der Waals surface area contributed by atoms with Crippen molar-refractivity contribution in [3.63, 3.8) is 0 Å². The molecule has 1 rings (SSSR count). The molecule has 4 heteroatoms. The summed E-state index contributed by atoms with van der Waals surface area (Å²) >= 11 is 0. The Morgan fingerprint density at radius 2 is 2.06 bits per heavy atom. The number of carbonyl (C=O) groups is 1. The Labute approximate surface area is 93.8 Å². The SMILES string of the molecule is CC(C)c1ccc(/C=C/C(=O)O)c(=O)n1C. The van der Waals surface area contributed by atoms with E-state index in [1.165, 1.54) is 6.08 Å². The van der Waals surface area contributed by atoms with E-state index in [9.17, 15) is 9.59 Å². The van der Waals surface area contributed by atoms with E-state index in [0.717, 1.165) is 11.8 Å². The number of carboxylic acids is 1. The Morgan fingerprint density at radius 1 is 1.44 bits per heavy atom. The third-order valence-electron chi connectivity index (χ3n) is 2.37. The molecule has 0 saturated carbocycles. The first-order valence-corrected chi connectivity index (χ1v) is 5.04. The molecule has 0 aromatic carbocycles. The summed E-state index contributed by atoms with van der Waals surface area (Å²) in [6.45, 7) is 4.00. The highest BCUT2D eigenvalue weighted by atomic mass is 16.4. The maximum absolute atomic E-state index is 11.8. The van der Waals surface area contributed by atoms with E-state index in [1.807, 2.05) is 19.9 Å². The number of pyridine rings is 1. The van der Waals surface area contributed by atoms with E-state index in [2.05, 4.69) is 0 Å². The number of hydrogen-bond donors (Lipinski definition) is 1. The molecule has 0 unspecified atom stereocenters. The molecule has 86 valence electrons. The second-order valence-electron chi connectivity index (χ2n) is 3.90. The predicted octanol–water partition coefficient (Wildman–Crippen LogP) is 1.61. The quantitative estimate of drug-likeness (QED) is 0.789. The fraction of sp³-hybridized carbons (Fsp3) is 0.333. The van der Waals surface area contributed by atoms with E-state index in [-0.39, 0.29) is 11.5 Å². The van der Waals surface area contributed by atoms with Crippen LogP contribution in [0.1, 0.15) is 31.0 Å². The number of hydrogen-bond acceptors (Lipinski definition) is 2. The van der Waals surface area contributed by atoms with Gasteiger partial charge in [0.25, 0.3) is 5.56 Å². The average molecular weight is 221 g/mol. The van der Waals surface area contributed by atoms with Crippen molar-refractivity contribution in [2.75, 3.05) is 0 Å². The number of aliphatic carboxylic acids is 1. The monoisotopic (exact) mass is 221 g/mol. The van der Waals surface area contributed by atoms with Crippen LogP contribution in [0.2, 0.25) is 0 Å². The van der Waals surface area contributed by atoms with E-state index < -0.39 is 5.97 Å². The second kappa shape index (κ2) is 4.79. The van der Waals surface area contributed by atoms with Gasteiger partial charge in [0.2, 0.25) is 0 Å². The summed E-state index contributed by atoms with van der Waals surface area (Å²) in [5.74, 6) is -0.801. The first-order valence-electron chi connectivity index (χ1n) is 5.04. The van der Waals surface area contributed by atoms with Gasteiger partial charge in [-0.3, -0.25) is 4.79 Å². The van der Waals surface area contributed by atoms with Crippen molar-refractivity contribution >= 4 is 12.0 Å². The zero-order valence-corrected chi connectivity index (χ0v) is 9.60. The van der Waals surface area contributed by atoms with Gasteiger partial charge in [-0.2, -0.15) is 0 Å². The zero-order chi connectivity index (χ0) is 12.3. The molecule has 1 heterocycles. The van der Waals surface area contributed by atoms with Crippen molar-refractivity contribution < 1.29 is 9.90 Å². The Balaban J connectivity index is 3.23. The molecule has 0 aliphatic carbocycles. The largest absolute Gasteiger partial charge is 0.478 e. The van der Waals surface area contributed by atoms with E-state index >= 15 is 0 Å². The minimum Gasteiger partial charge on any atom is -0.478 e. The average Bonchev–Trinajstić information content (AvgIpc) is 2.19. The van der Waals surface area contributed by atoms with Crippen LogP contribution in [0.15, 0.2) is 23.0 Å². The van der Waals surface area contributed by atoms with Crippen molar-refractivity contribution in [1.82, 2.24) is 4.57 Å². The molecule has 0 bridgehead atoms. The molecule has 1 aromatic heterocycles. The van der Waals surface area contributed by atoms with Gasteiger partial charge in [-0.05, 0) is 24.1 Å². The second-order valence-corrected chi connectivity index (χ2v) is 3.90. The molecule has 1 aromatic rings. The highest BCUT2D eigenvalue weighted by molar-refractivity contribution is 5.85. The lowest BCUT2D eigenvalue weighted by molar-refractivity contribution is -0.131. The molecule has 1 N–H and O–H groups in total. The van der Waals surface area contributed by atoms with Crippen molar-refractivity contribution in [2.45, 2.75) is 19.8 Å². The van der Waals surface area contributed by atoms with Crippen LogP contribution < -0.4 is 5.56 Å². The summed E-state index contributed by atoms with van der Waals surface area (Å²) in [7, 11) is 1.69. The van der Waals surface area contributed by atoms with Crippen molar-refractivity contribution in [2.24, 2.45) is 7.05 Å². The molecule has 0 aliphatic rings. The number of aromatic nitrogens is 1. The Bertz CT molecular complexity index is 484. The molecule has 0 fully saturated rings. The van der Waals surface area contributed by atoms with Gasteiger partial charge in [0.05, 0.1) is 0 Å². The summed E-state index contributed by atoms with van der Waals surface area (Å²) in [6, 6.07) is 3.49. The minimum atomic E-state index is -1.06. The maximum Gasteiger partial charge on any atom is 0.328 e. The molecule has 4 nitrogen and oxygen atoms in total. The lowest BCUT2D eigenvalue weighted by Crippen LogP contribution is -2.22. The molecular weight excluding hydrogens is 206 g/mol. The zero-order valence-electron chi connectivity index (χ0n) is 9.60. The van der Waals surface area contributed by atoms with E-state index in [1.54, 1.807) is 17.7 Å². The first kappa shape index (κ1) is 12.2. The summed E-state index contributed by atoms with van der Waals surface area (Å²) < 4.78 is 1.55.